The number of rotatable bonds is 4. The van der Waals surface area contributed by atoms with Gasteiger partial charge in [0.05, 0.1) is 6.04 Å². The van der Waals surface area contributed by atoms with Gasteiger partial charge in [0.1, 0.15) is 0 Å². The smallest absolute Gasteiger partial charge is 0.226 e. The quantitative estimate of drug-likeness (QED) is 0.942. The minimum Gasteiger partial charge on any atom is -0.326 e. The number of anilines is 1. The lowest BCUT2D eigenvalue weighted by Gasteiger charge is -2.12. The molecule has 1 N–H and O–H groups in total. The third kappa shape index (κ3) is 3.43. The fourth-order valence-corrected chi connectivity index (χ4v) is 2.08. The monoisotopic (exact) mass is 307 g/mol. The molecule has 0 radical (unpaired) electrons. The van der Waals surface area contributed by atoms with Gasteiger partial charge in [-0.1, -0.05) is 22.0 Å². The molecule has 1 unspecified atom stereocenters. The fourth-order valence-electron chi connectivity index (χ4n) is 1.68. The second-order valence-electron chi connectivity index (χ2n) is 4.10. The molecule has 1 atom stereocenters. The molecule has 0 aliphatic heterocycles. The molecule has 0 fully saturated rings. The van der Waals surface area contributed by atoms with Gasteiger partial charge in [-0.2, -0.15) is 5.10 Å². The predicted molar refractivity (Wildman–Crippen MR) is 74.3 cm³/mol. The van der Waals surface area contributed by atoms with Gasteiger partial charge < -0.3 is 5.32 Å². The summed E-state index contributed by atoms with van der Waals surface area (Å²) in [6.07, 6.45) is 3.97. The zero-order chi connectivity index (χ0) is 13.0. The molecule has 18 heavy (non-hydrogen) atoms. The van der Waals surface area contributed by atoms with Crippen LogP contribution in [0.4, 0.5) is 5.69 Å². The van der Waals surface area contributed by atoms with E-state index in [0.717, 1.165) is 10.2 Å². The number of hydrogen-bond donors (Lipinski definition) is 1. The van der Waals surface area contributed by atoms with E-state index in [1.54, 1.807) is 10.9 Å². The van der Waals surface area contributed by atoms with Crippen LogP contribution in [0.3, 0.4) is 0 Å². The molecule has 4 nitrogen and oxygen atoms in total. The normalized spacial score (nSPS) is 12.1. The van der Waals surface area contributed by atoms with Gasteiger partial charge in [0.15, 0.2) is 0 Å². The molecule has 0 bridgehead atoms. The van der Waals surface area contributed by atoms with E-state index < -0.39 is 0 Å². The molecule has 0 aliphatic carbocycles. The van der Waals surface area contributed by atoms with Gasteiger partial charge in [-0.05, 0) is 31.2 Å². The molecule has 1 amide bonds. The van der Waals surface area contributed by atoms with Gasteiger partial charge >= 0.3 is 0 Å². The Bertz CT molecular complexity index is 525. The van der Waals surface area contributed by atoms with E-state index in [9.17, 15) is 4.79 Å². The van der Waals surface area contributed by atoms with Gasteiger partial charge in [0.25, 0.3) is 0 Å². The third-order valence-corrected chi connectivity index (χ3v) is 3.06. The average molecular weight is 308 g/mol. The van der Waals surface area contributed by atoms with Gasteiger partial charge in [0, 0.05) is 29.0 Å². The Hall–Kier alpha value is -1.62. The van der Waals surface area contributed by atoms with Crippen molar-refractivity contribution < 1.29 is 4.79 Å². The van der Waals surface area contributed by atoms with E-state index in [0.29, 0.717) is 6.42 Å². The molecule has 0 saturated carbocycles. The minimum atomic E-state index is -0.0175. The fraction of sp³-hybridized carbons (Fsp3) is 0.231. The highest BCUT2D eigenvalue weighted by Gasteiger charge is 2.11. The van der Waals surface area contributed by atoms with E-state index in [1.807, 2.05) is 43.5 Å². The van der Waals surface area contributed by atoms with Gasteiger partial charge in [-0.3, -0.25) is 9.48 Å². The van der Waals surface area contributed by atoms with Crippen LogP contribution >= 0.6 is 15.9 Å². The minimum absolute atomic E-state index is 0.0175. The van der Waals surface area contributed by atoms with Crippen molar-refractivity contribution in [2.24, 2.45) is 0 Å². The van der Waals surface area contributed by atoms with E-state index >= 15 is 0 Å². The first-order valence-electron chi connectivity index (χ1n) is 5.69. The van der Waals surface area contributed by atoms with Crippen LogP contribution in [0.2, 0.25) is 0 Å². The number of nitrogens with one attached hydrogen (secondary N) is 1. The molecule has 1 aromatic carbocycles. The Morgan fingerprint density at radius 2 is 2.33 bits per heavy atom. The highest BCUT2D eigenvalue weighted by Crippen LogP contribution is 2.17. The average Bonchev–Trinajstić information content (AvgIpc) is 2.81. The highest BCUT2D eigenvalue weighted by molar-refractivity contribution is 9.10. The van der Waals surface area contributed by atoms with E-state index in [4.69, 9.17) is 0 Å². The summed E-state index contributed by atoms with van der Waals surface area (Å²) in [5.41, 5.74) is 0.794. The van der Waals surface area contributed by atoms with E-state index in [1.165, 1.54) is 0 Å². The standard InChI is InChI=1S/C13H14BrN3O/c1-10(17-7-3-6-15-17)8-13(18)16-12-5-2-4-11(14)9-12/h2-7,9-10H,8H2,1H3,(H,16,18). The summed E-state index contributed by atoms with van der Waals surface area (Å²) >= 11 is 3.37. The summed E-state index contributed by atoms with van der Waals surface area (Å²) in [5, 5.41) is 6.99. The van der Waals surface area contributed by atoms with Crippen molar-refractivity contribution in [3.05, 3.63) is 47.2 Å². The molecule has 0 spiro atoms. The SMILES string of the molecule is CC(CC(=O)Nc1cccc(Br)c1)n1cccn1. The molecule has 5 heteroatoms. The molecule has 1 aromatic heterocycles. The van der Waals surface area contributed by atoms with Crippen LogP contribution in [0, 0.1) is 0 Å². The number of aromatic nitrogens is 2. The number of halogens is 1. The van der Waals surface area contributed by atoms with Crippen molar-refractivity contribution >= 4 is 27.5 Å². The van der Waals surface area contributed by atoms with Crippen molar-refractivity contribution in [1.29, 1.82) is 0 Å². The van der Waals surface area contributed by atoms with Crippen molar-refractivity contribution in [2.45, 2.75) is 19.4 Å². The number of hydrogen-bond acceptors (Lipinski definition) is 2. The Morgan fingerprint density at radius 1 is 1.50 bits per heavy atom. The molecule has 1 heterocycles. The Morgan fingerprint density at radius 3 is 3.00 bits per heavy atom. The van der Waals surface area contributed by atoms with Crippen LogP contribution in [-0.2, 0) is 4.79 Å². The molecule has 2 aromatic rings. The Kier molecular flexibility index (Phi) is 4.15. The van der Waals surface area contributed by atoms with Crippen molar-refractivity contribution in [3.63, 3.8) is 0 Å². The number of nitrogens with zero attached hydrogens (tertiary/aromatic N) is 2. The number of carbonyl (C=O) groups is 1. The maximum atomic E-state index is 11.9. The second kappa shape index (κ2) is 5.82. The van der Waals surface area contributed by atoms with E-state index in [2.05, 4.69) is 26.3 Å². The largest absolute Gasteiger partial charge is 0.326 e. The second-order valence-corrected chi connectivity index (χ2v) is 5.01. The van der Waals surface area contributed by atoms with Gasteiger partial charge in [-0.15, -0.1) is 0 Å². The molecule has 0 saturated heterocycles. The number of amides is 1. The van der Waals surface area contributed by atoms with Crippen LogP contribution in [0.1, 0.15) is 19.4 Å². The zero-order valence-electron chi connectivity index (χ0n) is 10.0. The van der Waals surface area contributed by atoms with Crippen molar-refractivity contribution in [1.82, 2.24) is 9.78 Å². The summed E-state index contributed by atoms with van der Waals surface area (Å²) < 4.78 is 2.72. The number of benzene rings is 1. The molecule has 2 rings (SSSR count). The van der Waals surface area contributed by atoms with Crippen LogP contribution in [0.5, 0.6) is 0 Å². The van der Waals surface area contributed by atoms with Crippen molar-refractivity contribution in [2.75, 3.05) is 5.32 Å². The summed E-state index contributed by atoms with van der Waals surface area (Å²) in [4.78, 5) is 11.9. The first-order chi connectivity index (χ1) is 8.65. The van der Waals surface area contributed by atoms with Crippen LogP contribution < -0.4 is 5.32 Å². The molecular weight excluding hydrogens is 294 g/mol. The Balaban J connectivity index is 1.93. The molecular formula is C13H14BrN3O. The Labute approximate surface area is 114 Å². The zero-order valence-corrected chi connectivity index (χ0v) is 11.6. The number of carbonyl (C=O) groups excluding carboxylic acids is 1. The molecule has 0 aliphatic rings. The summed E-state index contributed by atoms with van der Waals surface area (Å²) in [5.74, 6) is -0.0175. The van der Waals surface area contributed by atoms with E-state index in [-0.39, 0.29) is 11.9 Å². The van der Waals surface area contributed by atoms with Crippen LogP contribution in [-0.4, -0.2) is 15.7 Å². The lowest BCUT2D eigenvalue weighted by Crippen LogP contribution is -2.17. The summed E-state index contributed by atoms with van der Waals surface area (Å²) in [7, 11) is 0. The lowest BCUT2D eigenvalue weighted by atomic mass is 10.2. The molecule has 94 valence electrons. The summed E-state index contributed by atoms with van der Waals surface area (Å²) in [6, 6.07) is 9.44. The maximum absolute atomic E-state index is 11.9. The van der Waals surface area contributed by atoms with Gasteiger partial charge in [0.2, 0.25) is 5.91 Å². The third-order valence-electron chi connectivity index (χ3n) is 2.57. The maximum Gasteiger partial charge on any atom is 0.226 e. The summed E-state index contributed by atoms with van der Waals surface area (Å²) in [6.45, 7) is 1.97. The first kappa shape index (κ1) is 12.8. The first-order valence-corrected chi connectivity index (χ1v) is 6.49. The predicted octanol–water partition coefficient (Wildman–Crippen LogP) is 3.24. The van der Waals surface area contributed by atoms with Crippen molar-refractivity contribution in [3.8, 4) is 0 Å². The van der Waals surface area contributed by atoms with Crippen LogP contribution in [0.25, 0.3) is 0 Å². The topological polar surface area (TPSA) is 46.9 Å². The highest BCUT2D eigenvalue weighted by atomic mass is 79.9. The lowest BCUT2D eigenvalue weighted by molar-refractivity contribution is -0.116. The van der Waals surface area contributed by atoms with Crippen LogP contribution in [0.15, 0.2) is 47.2 Å². The van der Waals surface area contributed by atoms with Gasteiger partial charge in [-0.25, -0.2) is 0 Å².